The molecule has 0 aliphatic rings. The summed E-state index contributed by atoms with van der Waals surface area (Å²) in [5.74, 6) is -0.400. The van der Waals surface area contributed by atoms with Crippen LogP contribution in [0.4, 0.5) is 5.69 Å². The Labute approximate surface area is 152 Å². The predicted octanol–water partition coefficient (Wildman–Crippen LogP) is 3.84. The summed E-state index contributed by atoms with van der Waals surface area (Å²) in [4.78, 5) is 24.3. The van der Waals surface area contributed by atoms with E-state index in [1.165, 1.54) is 0 Å². The van der Waals surface area contributed by atoms with Gasteiger partial charge >= 0.3 is 5.97 Å². The van der Waals surface area contributed by atoms with Gasteiger partial charge in [0, 0.05) is 29.8 Å². The Kier molecular flexibility index (Phi) is 5.07. The predicted molar refractivity (Wildman–Crippen MR) is 102 cm³/mol. The van der Waals surface area contributed by atoms with Crippen LogP contribution in [0, 0.1) is 6.92 Å². The van der Waals surface area contributed by atoms with Gasteiger partial charge < -0.3 is 14.6 Å². The minimum Gasteiger partial charge on any atom is -0.466 e. The van der Waals surface area contributed by atoms with E-state index in [9.17, 15) is 9.59 Å². The average Bonchev–Trinajstić information content (AvgIpc) is 2.95. The zero-order chi connectivity index (χ0) is 18.7. The highest BCUT2D eigenvalue weighted by atomic mass is 16.5. The van der Waals surface area contributed by atoms with Crippen molar-refractivity contribution in [2.24, 2.45) is 7.05 Å². The molecule has 0 bridgehead atoms. The summed E-state index contributed by atoms with van der Waals surface area (Å²) in [5.41, 5.74) is 4.15. The third-order valence-corrected chi connectivity index (χ3v) is 4.33. The minimum atomic E-state index is -0.251. The van der Waals surface area contributed by atoms with Crippen molar-refractivity contribution in [3.05, 3.63) is 65.4 Å². The molecular formula is C21H22N2O3. The van der Waals surface area contributed by atoms with Gasteiger partial charge in [-0.05, 0) is 37.1 Å². The van der Waals surface area contributed by atoms with Crippen molar-refractivity contribution in [3.63, 3.8) is 0 Å². The molecule has 134 valence electrons. The number of hydrogen-bond donors (Lipinski definition) is 1. The lowest BCUT2D eigenvalue weighted by Gasteiger charge is -2.10. The van der Waals surface area contributed by atoms with Crippen LogP contribution in [-0.4, -0.2) is 23.1 Å². The second-order valence-corrected chi connectivity index (χ2v) is 6.26. The molecule has 26 heavy (non-hydrogen) atoms. The first-order valence-corrected chi connectivity index (χ1v) is 8.60. The van der Waals surface area contributed by atoms with E-state index in [4.69, 9.17) is 4.74 Å². The number of rotatable bonds is 5. The van der Waals surface area contributed by atoms with Gasteiger partial charge in [-0.2, -0.15) is 0 Å². The number of carbonyl (C=O) groups excluding carboxylic acids is 2. The van der Waals surface area contributed by atoms with Crippen LogP contribution in [0.15, 0.2) is 48.7 Å². The Morgan fingerprint density at radius 3 is 2.65 bits per heavy atom. The molecule has 5 nitrogen and oxygen atoms in total. The molecular weight excluding hydrogens is 328 g/mol. The fourth-order valence-corrected chi connectivity index (χ4v) is 3.07. The van der Waals surface area contributed by atoms with E-state index in [-0.39, 0.29) is 18.3 Å². The van der Waals surface area contributed by atoms with Crippen molar-refractivity contribution in [1.82, 2.24) is 4.57 Å². The largest absolute Gasteiger partial charge is 0.466 e. The molecule has 2 aromatic carbocycles. The van der Waals surface area contributed by atoms with Crippen molar-refractivity contribution in [2.75, 3.05) is 11.9 Å². The fraction of sp³-hybridized carbons (Fsp3) is 0.238. The third kappa shape index (κ3) is 3.61. The minimum absolute atomic E-state index is 0.150. The number of nitrogens with zero attached hydrogens (tertiary/aromatic N) is 1. The molecule has 1 N–H and O–H groups in total. The summed E-state index contributed by atoms with van der Waals surface area (Å²) < 4.78 is 6.91. The highest BCUT2D eigenvalue weighted by Gasteiger charge is 2.15. The van der Waals surface area contributed by atoms with Gasteiger partial charge in [-0.3, -0.25) is 9.59 Å². The lowest BCUT2D eigenvalue weighted by Crippen LogP contribution is -2.13. The van der Waals surface area contributed by atoms with Crippen LogP contribution in [0.5, 0.6) is 0 Å². The van der Waals surface area contributed by atoms with Crippen molar-refractivity contribution >= 4 is 28.5 Å². The molecule has 0 atom stereocenters. The van der Waals surface area contributed by atoms with Crippen LogP contribution in [0.2, 0.25) is 0 Å². The van der Waals surface area contributed by atoms with E-state index in [2.05, 4.69) is 5.32 Å². The fourth-order valence-electron chi connectivity index (χ4n) is 3.07. The van der Waals surface area contributed by atoms with Gasteiger partial charge in [0.15, 0.2) is 0 Å². The molecule has 0 aliphatic carbocycles. The van der Waals surface area contributed by atoms with Gasteiger partial charge in [0.25, 0.3) is 5.91 Å². The first-order chi connectivity index (χ1) is 12.5. The molecule has 0 spiro atoms. The van der Waals surface area contributed by atoms with E-state index in [1.54, 1.807) is 6.92 Å². The smallest absolute Gasteiger partial charge is 0.310 e. The maximum atomic E-state index is 12.7. The number of esters is 1. The number of aryl methyl sites for hydroxylation is 2. The Bertz CT molecular complexity index is 973. The molecule has 1 amide bonds. The number of hydrogen-bond acceptors (Lipinski definition) is 3. The highest BCUT2D eigenvalue weighted by Crippen LogP contribution is 2.23. The number of anilines is 1. The molecule has 0 aliphatic heterocycles. The van der Waals surface area contributed by atoms with Crippen molar-refractivity contribution in [3.8, 4) is 0 Å². The number of benzene rings is 2. The van der Waals surface area contributed by atoms with Gasteiger partial charge in [0.1, 0.15) is 0 Å². The van der Waals surface area contributed by atoms with Gasteiger partial charge in [-0.1, -0.05) is 30.3 Å². The summed E-state index contributed by atoms with van der Waals surface area (Å²) in [7, 11) is 1.93. The van der Waals surface area contributed by atoms with E-state index < -0.39 is 0 Å². The van der Waals surface area contributed by atoms with E-state index in [1.807, 2.05) is 67.2 Å². The van der Waals surface area contributed by atoms with Crippen molar-refractivity contribution < 1.29 is 14.3 Å². The third-order valence-electron chi connectivity index (χ3n) is 4.33. The van der Waals surface area contributed by atoms with E-state index >= 15 is 0 Å². The zero-order valence-electron chi connectivity index (χ0n) is 15.2. The summed E-state index contributed by atoms with van der Waals surface area (Å²) >= 11 is 0. The van der Waals surface area contributed by atoms with Crippen LogP contribution < -0.4 is 5.32 Å². The molecule has 0 radical (unpaired) electrons. The quantitative estimate of drug-likeness (QED) is 0.711. The lowest BCUT2D eigenvalue weighted by atomic mass is 10.1. The SMILES string of the molecule is CCOC(=O)Cc1ccc(NC(=O)c2cn(C)c3ccccc23)c(C)c1. The topological polar surface area (TPSA) is 60.3 Å². The Morgan fingerprint density at radius 1 is 1.15 bits per heavy atom. The molecule has 1 heterocycles. The monoisotopic (exact) mass is 350 g/mol. The summed E-state index contributed by atoms with van der Waals surface area (Å²) in [5, 5.41) is 3.89. The van der Waals surface area contributed by atoms with E-state index in [0.717, 1.165) is 27.7 Å². The number of fused-ring (bicyclic) bond motifs is 1. The van der Waals surface area contributed by atoms with Gasteiger partial charge in [0.05, 0.1) is 18.6 Å². The van der Waals surface area contributed by atoms with Crippen LogP contribution in [0.25, 0.3) is 10.9 Å². The first kappa shape index (κ1) is 17.7. The van der Waals surface area contributed by atoms with Crippen molar-refractivity contribution in [1.29, 1.82) is 0 Å². The zero-order valence-corrected chi connectivity index (χ0v) is 15.2. The number of aromatic nitrogens is 1. The number of para-hydroxylation sites is 1. The average molecular weight is 350 g/mol. The number of carbonyl (C=O) groups is 2. The lowest BCUT2D eigenvalue weighted by molar-refractivity contribution is -0.142. The molecule has 0 saturated heterocycles. The second kappa shape index (κ2) is 7.44. The van der Waals surface area contributed by atoms with E-state index in [0.29, 0.717) is 12.2 Å². The van der Waals surface area contributed by atoms with Crippen LogP contribution in [-0.2, 0) is 23.0 Å². The number of nitrogens with one attached hydrogen (secondary N) is 1. The molecule has 3 rings (SSSR count). The molecule has 3 aromatic rings. The van der Waals surface area contributed by atoms with Gasteiger partial charge in [0.2, 0.25) is 0 Å². The summed E-state index contributed by atoms with van der Waals surface area (Å²) in [6, 6.07) is 13.4. The standard InChI is InChI=1S/C21H22N2O3/c1-4-26-20(24)12-15-9-10-18(14(2)11-15)22-21(25)17-13-23(3)19-8-6-5-7-16(17)19/h5-11,13H,4,12H2,1-3H3,(H,22,25). The second-order valence-electron chi connectivity index (χ2n) is 6.26. The number of amides is 1. The Morgan fingerprint density at radius 2 is 1.92 bits per heavy atom. The Balaban J connectivity index is 1.80. The maximum Gasteiger partial charge on any atom is 0.310 e. The molecule has 0 fully saturated rings. The molecule has 5 heteroatoms. The molecule has 0 unspecified atom stereocenters. The summed E-state index contributed by atoms with van der Waals surface area (Å²) in [6.07, 6.45) is 2.07. The normalized spacial score (nSPS) is 10.7. The number of ether oxygens (including phenoxy) is 1. The molecule has 1 aromatic heterocycles. The first-order valence-electron chi connectivity index (χ1n) is 8.60. The van der Waals surface area contributed by atoms with Crippen LogP contribution in [0.1, 0.15) is 28.4 Å². The molecule has 0 saturated carbocycles. The van der Waals surface area contributed by atoms with Crippen molar-refractivity contribution in [2.45, 2.75) is 20.3 Å². The Hall–Kier alpha value is -3.08. The maximum absolute atomic E-state index is 12.7. The van der Waals surface area contributed by atoms with Crippen LogP contribution in [0.3, 0.4) is 0 Å². The van der Waals surface area contributed by atoms with Gasteiger partial charge in [-0.15, -0.1) is 0 Å². The summed E-state index contributed by atoms with van der Waals surface area (Å²) in [6.45, 7) is 4.07. The van der Waals surface area contributed by atoms with Gasteiger partial charge in [-0.25, -0.2) is 0 Å². The van der Waals surface area contributed by atoms with Crippen LogP contribution >= 0.6 is 0 Å². The highest BCUT2D eigenvalue weighted by molar-refractivity contribution is 6.13.